The van der Waals surface area contributed by atoms with Crippen molar-refractivity contribution < 1.29 is 13.9 Å². The molecule has 0 aliphatic heterocycles. The highest BCUT2D eigenvalue weighted by Gasteiger charge is 2.09. The summed E-state index contributed by atoms with van der Waals surface area (Å²) in [6.07, 6.45) is -0.0267. The van der Waals surface area contributed by atoms with Crippen LogP contribution in [0.15, 0.2) is 18.2 Å². The molecule has 0 saturated heterocycles. The molecule has 1 amide bonds. The Bertz CT molecular complexity index is 350. The van der Waals surface area contributed by atoms with Crippen LogP contribution in [0.4, 0.5) is 4.39 Å². The summed E-state index contributed by atoms with van der Waals surface area (Å²) in [5.41, 5.74) is 4.83. The summed E-state index contributed by atoms with van der Waals surface area (Å²) in [5.74, 6) is -0.986. The Kier molecular flexibility index (Phi) is 3.06. The number of amides is 1. The first-order valence-electron chi connectivity index (χ1n) is 4.26. The third-order valence-corrected chi connectivity index (χ3v) is 1.58. The van der Waals surface area contributed by atoms with Crippen LogP contribution in [0.2, 0.25) is 0 Å². The van der Waals surface area contributed by atoms with E-state index in [0.29, 0.717) is 5.75 Å². The fourth-order valence-corrected chi connectivity index (χ4v) is 1.04. The molecule has 4 heteroatoms. The summed E-state index contributed by atoms with van der Waals surface area (Å²) >= 11 is 0. The minimum absolute atomic E-state index is 0.0267. The van der Waals surface area contributed by atoms with Crippen molar-refractivity contribution in [1.82, 2.24) is 0 Å². The average molecular weight is 197 g/mol. The molecule has 14 heavy (non-hydrogen) atoms. The predicted octanol–water partition coefficient (Wildman–Crippen LogP) is 1.71. The molecule has 0 unspecified atom stereocenters. The minimum Gasteiger partial charge on any atom is -0.491 e. The second kappa shape index (κ2) is 4.09. The molecule has 0 bridgehead atoms. The van der Waals surface area contributed by atoms with Crippen LogP contribution in [0, 0.1) is 5.82 Å². The lowest BCUT2D eigenvalue weighted by atomic mass is 10.2. The standard InChI is InChI=1S/C10H12FNO2/c1-6(2)14-7-3-4-9(11)8(5-7)10(12)13/h3-6H,1-2H3,(H2,12,13). The number of carbonyl (C=O) groups excluding carboxylic acids is 1. The van der Waals surface area contributed by atoms with Crippen molar-refractivity contribution in [2.75, 3.05) is 0 Å². The molecule has 2 N–H and O–H groups in total. The van der Waals surface area contributed by atoms with Gasteiger partial charge < -0.3 is 10.5 Å². The van der Waals surface area contributed by atoms with Crippen LogP contribution in [0.3, 0.4) is 0 Å². The van der Waals surface area contributed by atoms with E-state index in [2.05, 4.69) is 0 Å². The molecule has 0 saturated carbocycles. The Morgan fingerprint density at radius 3 is 2.64 bits per heavy atom. The summed E-state index contributed by atoms with van der Waals surface area (Å²) in [4.78, 5) is 10.8. The van der Waals surface area contributed by atoms with Gasteiger partial charge in [-0.3, -0.25) is 4.79 Å². The largest absolute Gasteiger partial charge is 0.491 e. The molecule has 76 valence electrons. The van der Waals surface area contributed by atoms with E-state index in [0.717, 1.165) is 6.07 Å². The highest BCUT2D eigenvalue weighted by atomic mass is 19.1. The lowest BCUT2D eigenvalue weighted by Gasteiger charge is -2.10. The Morgan fingerprint density at radius 2 is 2.14 bits per heavy atom. The van der Waals surface area contributed by atoms with Gasteiger partial charge in [-0.2, -0.15) is 0 Å². The van der Waals surface area contributed by atoms with Crippen molar-refractivity contribution in [1.29, 1.82) is 0 Å². The zero-order valence-electron chi connectivity index (χ0n) is 8.08. The van der Waals surface area contributed by atoms with Crippen LogP contribution in [0.25, 0.3) is 0 Å². The number of primary amides is 1. The number of hydrogen-bond acceptors (Lipinski definition) is 2. The molecule has 1 rings (SSSR count). The van der Waals surface area contributed by atoms with Gasteiger partial charge in [-0.1, -0.05) is 0 Å². The molecule has 3 nitrogen and oxygen atoms in total. The maximum atomic E-state index is 13.0. The van der Waals surface area contributed by atoms with Crippen LogP contribution in [0.1, 0.15) is 24.2 Å². The van der Waals surface area contributed by atoms with Crippen LogP contribution >= 0.6 is 0 Å². The molecule has 0 spiro atoms. The quantitative estimate of drug-likeness (QED) is 0.801. The van der Waals surface area contributed by atoms with Crippen LogP contribution < -0.4 is 10.5 Å². The van der Waals surface area contributed by atoms with Crippen molar-refractivity contribution in [3.05, 3.63) is 29.6 Å². The van der Waals surface area contributed by atoms with Gasteiger partial charge in [0, 0.05) is 0 Å². The van der Waals surface area contributed by atoms with Gasteiger partial charge in [0.15, 0.2) is 0 Å². The van der Waals surface area contributed by atoms with Gasteiger partial charge in [0.25, 0.3) is 5.91 Å². The zero-order chi connectivity index (χ0) is 10.7. The van der Waals surface area contributed by atoms with Gasteiger partial charge in [-0.25, -0.2) is 4.39 Å². The number of carbonyl (C=O) groups is 1. The molecule has 0 atom stereocenters. The molecule has 1 aromatic carbocycles. The van der Waals surface area contributed by atoms with Crippen molar-refractivity contribution in [2.24, 2.45) is 5.73 Å². The van der Waals surface area contributed by atoms with E-state index in [9.17, 15) is 9.18 Å². The molecule has 0 fully saturated rings. The van der Waals surface area contributed by atoms with E-state index in [1.807, 2.05) is 13.8 Å². The van der Waals surface area contributed by atoms with Crippen molar-refractivity contribution in [3.8, 4) is 5.75 Å². The lowest BCUT2D eigenvalue weighted by molar-refractivity contribution is 0.0995. The number of benzene rings is 1. The topological polar surface area (TPSA) is 52.3 Å². The zero-order valence-corrected chi connectivity index (χ0v) is 8.08. The van der Waals surface area contributed by atoms with Crippen molar-refractivity contribution in [3.63, 3.8) is 0 Å². The summed E-state index contributed by atoms with van der Waals surface area (Å²) in [6, 6.07) is 3.93. The molecule has 0 aliphatic rings. The van der Waals surface area contributed by atoms with E-state index in [1.54, 1.807) is 0 Å². The monoisotopic (exact) mass is 197 g/mol. The number of halogens is 1. The molecule has 1 aromatic rings. The maximum absolute atomic E-state index is 13.0. The summed E-state index contributed by atoms with van der Waals surface area (Å²) in [7, 11) is 0. The Hall–Kier alpha value is -1.58. The van der Waals surface area contributed by atoms with E-state index < -0.39 is 11.7 Å². The third-order valence-electron chi connectivity index (χ3n) is 1.58. The first-order chi connectivity index (χ1) is 6.50. The van der Waals surface area contributed by atoms with Gasteiger partial charge >= 0.3 is 0 Å². The number of rotatable bonds is 3. The van der Waals surface area contributed by atoms with E-state index in [-0.39, 0.29) is 11.7 Å². The predicted molar refractivity (Wildman–Crippen MR) is 50.7 cm³/mol. The first kappa shape index (κ1) is 10.5. The van der Waals surface area contributed by atoms with E-state index in [1.165, 1.54) is 12.1 Å². The highest BCUT2D eigenvalue weighted by molar-refractivity contribution is 5.93. The smallest absolute Gasteiger partial charge is 0.251 e. The van der Waals surface area contributed by atoms with Crippen LogP contribution in [0.5, 0.6) is 5.75 Å². The van der Waals surface area contributed by atoms with Gasteiger partial charge in [0.05, 0.1) is 11.7 Å². The second-order valence-electron chi connectivity index (χ2n) is 3.17. The Morgan fingerprint density at radius 1 is 1.50 bits per heavy atom. The SMILES string of the molecule is CC(C)Oc1ccc(F)c(C(N)=O)c1. The average Bonchev–Trinajstić information content (AvgIpc) is 2.07. The van der Waals surface area contributed by atoms with Crippen molar-refractivity contribution in [2.45, 2.75) is 20.0 Å². The molecule has 0 aromatic heterocycles. The summed E-state index contributed by atoms with van der Waals surface area (Å²) < 4.78 is 18.3. The lowest BCUT2D eigenvalue weighted by Crippen LogP contribution is -2.14. The minimum atomic E-state index is -0.795. The van der Waals surface area contributed by atoms with Gasteiger partial charge in [-0.15, -0.1) is 0 Å². The van der Waals surface area contributed by atoms with E-state index >= 15 is 0 Å². The fourth-order valence-electron chi connectivity index (χ4n) is 1.04. The molecule has 0 radical (unpaired) electrons. The molecular weight excluding hydrogens is 185 g/mol. The van der Waals surface area contributed by atoms with Gasteiger partial charge in [-0.05, 0) is 32.0 Å². The number of nitrogens with two attached hydrogens (primary N) is 1. The number of ether oxygens (including phenoxy) is 1. The summed E-state index contributed by atoms with van der Waals surface area (Å²) in [6.45, 7) is 3.68. The Balaban J connectivity index is 3.00. The van der Waals surface area contributed by atoms with Gasteiger partial charge in [0.2, 0.25) is 0 Å². The highest BCUT2D eigenvalue weighted by Crippen LogP contribution is 2.17. The van der Waals surface area contributed by atoms with Gasteiger partial charge in [0.1, 0.15) is 11.6 Å². The number of hydrogen-bond donors (Lipinski definition) is 1. The van der Waals surface area contributed by atoms with E-state index in [4.69, 9.17) is 10.5 Å². The summed E-state index contributed by atoms with van der Waals surface area (Å²) in [5, 5.41) is 0. The van der Waals surface area contributed by atoms with Crippen LogP contribution in [-0.2, 0) is 0 Å². The van der Waals surface area contributed by atoms with Crippen LogP contribution in [-0.4, -0.2) is 12.0 Å². The van der Waals surface area contributed by atoms with Crippen molar-refractivity contribution >= 4 is 5.91 Å². The second-order valence-corrected chi connectivity index (χ2v) is 3.17. The molecular formula is C10H12FNO2. The normalized spacial score (nSPS) is 10.3. The maximum Gasteiger partial charge on any atom is 0.251 e. The Labute approximate surface area is 81.7 Å². The fraction of sp³-hybridized carbons (Fsp3) is 0.300. The molecule has 0 heterocycles. The molecule has 0 aliphatic carbocycles. The third kappa shape index (κ3) is 2.45. The first-order valence-corrected chi connectivity index (χ1v) is 4.26.